The van der Waals surface area contributed by atoms with Crippen molar-refractivity contribution in [3.8, 4) is 0 Å². The molecule has 1 rings (SSSR count). The first-order valence-corrected chi connectivity index (χ1v) is 4.09. The largest absolute Gasteiger partial charge is 0.312 e. The van der Waals surface area contributed by atoms with Gasteiger partial charge in [-0.25, -0.2) is 0 Å². The maximum Gasteiger partial charge on any atom is 0.00669 e. The van der Waals surface area contributed by atoms with E-state index in [9.17, 15) is 0 Å². The quantitative estimate of drug-likeness (QED) is 0.567. The Morgan fingerprint density at radius 3 is 2.67 bits per heavy atom. The van der Waals surface area contributed by atoms with Crippen LogP contribution in [0.25, 0.3) is 0 Å². The maximum atomic E-state index is 3.57. The highest BCUT2D eigenvalue weighted by atomic mass is 14.9. The molecular formula is C8H17N. The Morgan fingerprint density at radius 2 is 2.22 bits per heavy atom. The molecule has 0 bridgehead atoms. The summed E-state index contributed by atoms with van der Waals surface area (Å²) in [7, 11) is 0. The van der Waals surface area contributed by atoms with Gasteiger partial charge in [-0.1, -0.05) is 13.3 Å². The summed E-state index contributed by atoms with van der Waals surface area (Å²) in [5, 5.41) is 3.57. The number of hydrogen-bond donors (Lipinski definition) is 1. The van der Waals surface area contributed by atoms with Gasteiger partial charge in [0.25, 0.3) is 0 Å². The van der Waals surface area contributed by atoms with Crippen molar-refractivity contribution in [2.75, 3.05) is 0 Å². The van der Waals surface area contributed by atoms with Gasteiger partial charge in [-0.05, 0) is 26.2 Å². The first kappa shape index (κ1) is 7.07. The van der Waals surface area contributed by atoms with Crippen LogP contribution in [-0.4, -0.2) is 12.1 Å². The molecule has 54 valence electrons. The third kappa shape index (κ3) is 1.98. The van der Waals surface area contributed by atoms with Gasteiger partial charge in [0.05, 0.1) is 0 Å². The van der Waals surface area contributed by atoms with Crippen LogP contribution in [0.4, 0.5) is 0 Å². The molecular weight excluding hydrogens is 110 g/mol. The van der Waals surface area contributed by atoms with Crippen LogP contribution in [0.2, 0.25) is 0 Å². The first-order chi connectivity index (χ1) is 4.33. The van der Waals surface area contributed by atoms with Gasteiger partial charge < -0.3 is 5.32 Å². The SMILES string of the molecule is CC[C@@H]1CCC[C@H](C)N1. The van der Waals surface area contributed by atoms with E-state index in [0.29, 0.717) is 0 Å². The van der Waals surface area contributed by atoms with Crippen molar-refractivity contribution in [1.82, 2.24) is 5.32 Å². The third-order valence-corrected chi connectivity index (χ3v) is 2.20. The highest BCUT2D eigenvalue weighted by Crippen LogP contribution is 2.13. The lowest BCUT2D eigenvalue weighted by Crippen LogP contribution is -2.39. The summed E-state index contributed by atoms with van der Waals surface area (Å²) in [6.45, 7) is 4.54. The number of rotatable bonds is 1. The first-order valence-electron chi connectivity index (χ1n) is 4.09. The van der Waals surface area contributed by atoms with Gasteiger partial charge in [0.2, 0.25) is 0 Å². The second-order valence-electron chi connectivity index (χ2n) is 3.10. The van der Waals surface area contributed by atoms with E-state index in [1.54, 1.807) is 0 Å². The molecule has 0 aromatic heterocycles. The minimum absolute atomic E-state index is 0.767. The zero-order chi connectivity index (χ0) is 6.69. The molecule has 0 saturated carbocycles. The lowest BCUT2D eigenvalue weighted by atomic mass is 9.98. The molecule has 0 amide bonds. The molecule has 1 heteroatoms. The predicted octanol–water partition coefficient (Wildman–Crippen LogP) is 1.93. The lowest BCUT2D eigenvalue weighted by molar-refractivity contribution is 0.329. The van der Waals surface area contributed by atoms with Gasteiger partial charge in [-0.15, -0.1) is 0 Å². The minimum Gasteiger partial charge on any atom is -0.312 e. The zero-order valence-electron chi connectivity index (χ0n) is 6.48. The summed E-state index contributed by atoms with van der Waals surface area (Å²) >= 11 is 0. The Bertz CT molecular complexity index is 80.6. The van der Waals surface area contributed by atoms with Crippen LogP contribution in [-0.2, 0) is 0 Å². The molecule has 0 unspecified atom stereocenters. The number of nitrogens with one attached hydrogen (secondary N) is 1. The second kappa shape index (κ2) is 3.21. The van der Waals surface area contributed by atoms with Crippen molar-refractivity contribution in [3.05, 3.63) is 0 Å². The van der Waals surface area contributed by atoms with E-state index in [1.165, 1.54) is 25.7 Å². The Balaban J connectivity index is 2.23. The summed E-state index contributed by atoms with van der Waals surface area (Å²) in [6, 6.07) is 1.58. The smallest absolute Gasteiger partial charge is 0.00669 e. The van der Waals surface area contributed by atoms with E-state index in [4.69, 9.17) is 0 Å². The normalized spacial score (nSPS) is 36.7. The van der Waals surface area contributed by atoms with Crippen molar-refractivity contribution < 1.29 is 0 Å². The molecule has 1 saturated heterocycles. The van der Waals surface area contributed by atoms with Crippen molar-refractivity contribution in [2.24, 2.45) is 0 Å². The highest BCUT2D eigenvalue weighted by Gasteiger charge is 2.14. The molecule has 0 radical (unpaired) electrons. The van der Waals surface area contributed by atoms with Crippen molar-refractivity contribution >= 4 is 0 Å². The summed E-state index contributed by atoms with van der Waals surface area (Å²) in [4.78, 5) is 0. The second-order valence-corrected chi connectivity index (χ2v) is 3.10. The van der Waals surface area contributed by atoms with Crippen molar-refractivity contribution in [1.29, 1.82) is 0 Å². The predicted molar refractivity (Wildman–Crippen MR) is 40.5 cm³/mol. The Kier molecular flexibility index (Phi) is 2.52. The third-order valence-electron chi connectivity index (χ3n) is 2.20. The average molecular weight is 127 g/mol. The number of hydrogen-bond acceptors (Lipinski definition) is 1. The fraction of sp³-hybridized carbons (Fsp3) is 1.00. The standard InChI is InChI=1S/C8H17N/c1-3-8-6-4-5-7(2)9-8/h7-9H,3-6H2,1-2H3/t7-,8+/m0/s1. The molecule has 0 aromatic carbocycles. The maximum absolute atomic E-state index is 3.57. The molecule has 0 spiro atoms. The molecule has 0 aromatic rings. The molecule has 0 aliphatic carbocycles. The fourth-order valence-corrected chi connectivity index (χ4v) is 1.56. The molecule has 1 aliphatic rings. The van der Waals surface area contributed by atoms with Crippen LogP contribution in [0.15, 0.2) is 0 Å². The summed E-state index contributed by atoms with van der Waals surface area (Å²) in [5.74, 6) is 0. The van der Waals surface area contributed by atoms with Gasteiger partial charge in [-0.2, -0.15) is 0 Å². The fourth-order valence-electron chi connectivity index (χ4n) is 1.56. The Hall–Kier alpha value is -0.0400. The molecule has 2 atom stereocenters. The monoisotopic (exact) mass is 127 g/mol. The van der Waals surface area contributed by atoms with Crippen molar-refractivity contribution in [2.45, 2.75) is 51.6 Å². The molecule has 1 heterocycles. The summed E-state index contributed by atoms with van der Waals surface area (Å²) in [5.41, 5.74) is 0. The van der Waals surface area contributed by atoms with Gasteiger partial charge in [0.1, 0.15) is 0 Å². The molecule has 9 heavy (non-hydrogen) atoms. The van der Waals surface area contributed by atoms with E-state index in [2.05, 4.69) is 19.2 Å². The minimum atomic E-state index is 0.767. The molecule has 1 aliphatic heterocycles. The highest BCUT2D eigenvalue weighted by molar-refractivity contribution is 4.75. The van der Waals surface area contributed by atoms with Crippen LogP contribution >= 0.6 is 0 Å². The van der Waals surface area contributed by atoms with Gasteiger partial charge in [0.15, 0.2) is 0 Å². The number of piperidine rings is 1. The van der Waals surface area contributed by atoms with E-state index in [0.717, 1.165) is 12.1 Å². The van der Waals surface area contributed by atoms with Crippen molar-refractivity contribution in [3.63, 3.8) is 0 Å². The van der Waals surface area contributed by atoms with Crippen LogP contribution in [0.3, 0.4) is 0 Å². The molecule has 1 fully saturated rings. The van der Waals surface area contributed by atoms with E-state index in [1.807, 2.05) is 0 Å². The van der Waals surface area contributed by atoms with E-state index in [-0.39, 0.29) is 0 Å². The van der Waals surface area contributed by atoms with Crippen LogP contribution < -0.4 is 5.32 Å². The topological polar surface area (TPSA) is 12.0 Å². The summed E-state index contributed by atoms with van der Waals surface area (Å²) in [6.07, 6.45) is 5.48. The van der Waals surface area contributed by atoms with E-state index < -0.39 is 0 Å². The van der Waals surface area contributed by atoms with Gasteiger partial charge >= 0.3 is 0 Å². The van der Waals surface area contributed by atoms with E-state index >= 15 is 0 Å². The summed E-state index contributed by atoms with van der Waals surface area (Å²) < 4.78 is 0. The van der Waals surface area contributed by atoms with Crippen LogP contribution in [0.5, 0.6) is 0 Å². The molecule has 1 nitrogen and oxygen atoms in total. The average Bonchev–Trinajstić information content (AvgIpc) is 1.88. The molecule has 1 N–H and O–H groups in total. The lowest BCUT2D eigenvalue weighted by Gasteiger charge is -2.27. The van der Waals surface area contributed by atoms with Gasteiger partial charge in [-0.3, -0.25) is 0 Å². The van der Waals surface area contributed by atoms with Crippen LogP contribution in [0.1, 0.15) is 39.5 Å². The van der Waals surface area contributed by atoms with Gasteiger partial charge in [0, 0.05) is 12.1 Å². The zero-order valence-corrected chi connectivity index (χ0v) is 6.48. The van der Waals surface area contributed by atoms with Crippen LogP contribution in [0, 0.1) is 0 Å². The Morgan fingerprint density at radius 1 is 1.44 bits per heavy atom. The Labute approximate surface area is 57.8 Å².